The summed E-state index contributed by atoms with van der Waals surface area (Å²) in [6, 6.07) is 34.3. The number of para-hydroxylation sites is 3. The van der Waals surface area contributed by atoms with Crippen LogP contribution in [-0.2, 0) is 0 Å². The SMILES string of the molecule is FI(F)(=Nc1ccccc1)c1cccc2c1Oc1ccc3c4ccccc4n4c3c1B2c1ccccc1-4. The van der Waals surface area contributed by atoms with Crippen LogP contribution in [0.5, 0.6) is 11.5 Å². The first kappa shape index (κ1) is 21.3. The zero-order valence-corrected chi connectivity index (χ0v) is 21.6. The maximum absolute atomic E-state index is 15.9. The molecule has 0 unspecified atom stereocenters. The van der Waals surface area contributed by atoms with E-state index in [9.17, 15) is 0 Å². The van der Waals surface area contributed by atoms with Gasteiger partial charge in [0.1, 0.15) is 0 Å². The van der Waals surface area contributed by atoms with Gasteiger partial charge in [0.2, 0.25) is 0 Å². The summed E-state index contributed by atoms with van der Waals surface area (Å²) in [4.78, 5) is 0. The molecule has 0 saturated heterocycles. The first-order valence-electron chi connectivity index (χ1n) is 12.0. The number of rotatable bonds is 2. The Kier molecular flexibility index (Phi) is 4.36. The van der Waals surface area contributed by atoms with Crippen LogP contribution in [0.25, 0.3) is 27.5 Å². The van der Waals surface area contributed by atoms with E-state index in [1.165, 1.54) is 6.07 Å². The van der Waals surface area contributed by atoms with Crippen molar-refractivity contribution in [3.8, 4) is 17.2 Å². The fraction of sp³-hybridized carbons (Fsp3) is 0. The molecule has 5 aromatic carbocycles. The molecule has 0 aliphatic carbocycles. The van der Waals surface area contributed by atoms with Crippen LogP contribution in [0.15, 0.2) is 112 Å². The Hall–Kier alpha value is -3.85. The standard InChI is InChI=1S/C30H18BF2IN2O/c32-34(33,35-19-9-2-1-3-10-19)24-14-8-13-23-30(24)37-27-18-17-21-20-11-4-6-15-25(20)36-26-16-7-5-12-22(26)31(23)28(27)29(21)36/h1-18H. The van der Waals surface area contributed by atoms with Gasteiger partial charge in [-0.25, -0.2) is 0 Å². The molecule has 0 bridgehead atoms. The van der Waals surface area contributed by atoms with Crippen LogP contribution in [-0.4, -0.2) is 11.3 Å². The van der Waals surface area contributed by atoms with Crippen molar-refractivity contribution >= 4 is 70.0 Å². The Bertz CT molecular complexity index is 1960. The molecule has 0 atom stereocenters. The quantitative estimate of drug-likeness (QED) is 0.153. The van der Waals surface area contributed by atoms with E-state index in [1.54, 1.807) is 36.4 Å². The predicted molar refractivity (Wildman–Crippen MR) is 155 cm³/mol. The molecular weight excluding hydrogens is 580 g/mol. The topological polar surface area (TPSA) is 26.5 Å². The third-order valence-electron chi connectivity index (χ3n) is 7.34. The van der Waals surface area contributed by atoms with E-state index >= 15 is 5.72 Å². The Labute approximate surface area is 217 Å². The van der Waals surface area contributed by atoms with Crippen molar-refractivity contribution in [1.82, 2.24) is 4.57 Å². The van der Waals surface area contributed by atoms with Crippen molar-refractivity contribution in [3.05, 3.63) is 113 Å². The summed E-state index contributed by atoms with van der Waals surface area (Å²) in [5.74, 6) is 0.896. The van der Waals surface area contributed by atoms with Crippen LogP contribution in [0.2, 0.25) is 0 Å². The number of nitrogens with zero attached hydrogens (tertiary/aromatic N) is 2. The fourth-order valence-electron chi connectivity index (χ4n) is 5.90. The van der Waals surface area contributed by atoms with Gasteiger partial charge in [0.15, 0.2) is 0 Å². The number of hydrogen-bond donors (Lipinski definition) is 0. The molecule has 0 fully saturated rings. The first-order chi connectivity index (χ1) is 18.1. The van der Waals surface area contributed by atoms with Gasteiger partial charge in [0.05, 0.1) is 0 Å². The summed E-state index contributed by atoms with van der Waals surface area (Å²) in [5, 5.41) is 2.30. The van der Waals surface area contributed by atoms with Gasteiger partial charge in [-0.3, -0.25) is 0 Å². The zero-order chi connectivity index (χ0) is 24.7. The Morgan fingerprint density at radius 1 is 0.703 bits per heavy atom. The molecule has 0 saturated carbocycles. The molecule has 2 aliphatic heterocycles. The van der Waals surface area contributed by atoms with Crippen LogP contribution in [0, 0.1) is 3.57 Å². The molecule has 0 N–H and O–H groups in total. The minimum atomic E-state index is -5.75. The van der Waals surface area contributed by atoms with Crippen LogP contribution in [0.4, 0.5) is 11.4 Å². The number of hydrogen-bond acceptors (Lipinski definition) is 2. The average Bonchev–Trinajstić information content (AvgIpc) is 3.27. The van der Waals surface area contributed by atoms with Crippen LogP contribution < -0.4 is 21.1 Å². The van der Waals surface area contributed by atoms with E-state index < -0.39 is 19.4 Å². The van der Waals surface area contributed by atoms with Gasteiger partial charge < -0.3 is 0 Å². The molecule has 178 valence electrons. The molecule has 3 nitrogen and oxygen atoms in total. The summed E-state index contributed by atoms with van der Waals surface area (Å²) in [6.07, 6.45) is 0. The number of halogens is 3. The second-order valence-electron chi connectivity index (χ2n) is 9.31. The Balaban J connectivity index is 1.45. The molecule has 3 heterocycles. The normalized spacial score (nSPS) is 13.7. The molecule has 0 amide bonds. The van der Waals surface area contributed by atoms with Gasteiger partial charge >= 0.3 is 218 Å². The average molecular weight is 598 g/mol. The molecular formula is C30H18BF2IN2O. The minimum absolute atomic E-state index is 0.0531. The summed E-state index contributed by atoms with van der Waals surface area (Å²) < 4.78 is 44.4. The van der Waals surface area contributed by atoms with Crippen LogP contribution >= 0.6 is 19.4 Å². The van der Waals surface area contributed by atoms with Gasteiger partial charge in [-0.15, -0.1) is 0 Å². The van der Waals surface area contributed by atoms with E-state index in [1.807, 2.05) is 30.3 Å². The van der Waals surface area contributed by atoms with E-state index in [4.69, 9.17) is 4.74 Å². The van der Waals surface area contributed by atoms with Crippen molar-refractivity contribution in [3.63, 3.8) is 0 Å². The number of aromatic nitrogens is 1. The third-order valence-corrected chi connectivity index (χ3v) is 10.7. The zero-order valence-electron chi connectivity index (χ0n) is 19.4. The predicted octanol–water partition coefficient (Wildman–Crippen LogP) is 7.22. The van der Waals surface area contributed by atoms with Crippen molar-refractivity contribution in [2.45, 2.75) is 0 Å². The monoisotopic (exact) mass is 598 g/mol. The summed E-state index contributed by atoms with van der Waals surface area (Å²) in [7, 11) is 0. The van der Waals surface area contributed by atoms with E-state index in [-0.39, 0.29) is 16.0 Å². The number of ether oxygens (including phenoxy) is 1. The third kappa shape index (κ3) is 2.91. The van der Waals surface area contributed by atoms with Crippen molar-refractivity contribution in [2.75, 3.05) is 0 Å². The second kappa shape index (κ2) is 7.58. The van der Waals surface area contributed by atoms with Gasteiger partial charge in [0.25, 0.3) is 0 Å². The van der Waals surface area contributed by atoms with Crippen molar-refractivity contribution < 1.29 is 10.5 Å². The van der Waals surface area contributed by atoms with Gasteiger partial charge in [-0.05, 0) is 0 Å². The summed E-state index contributed by atoms with van der Waals surface area (Å²) in [6.45, 7) is -0.205. The molecule has 8 rings (SSSR count). The molecule has 7 heteroatoms. The van der Waals surface area contributed by atoms with E-state index in [0.29, 0.717) is 11.4 Å². The Morgan fingerprint density at radius 3 is 2.35 bits per heavy atom. The molecule has 6 aromatic rings. The molecule has 37 heavy (non-hydrogen) atoms. The summed E-state index contributed by atoms with van der Waals surface area (Å²) in [5.41, 5.74) is 6.47. The first-order valence-corrected chi connectivity index (χ1v) is 15.7. The summed E-state index contributed by atoms with van der Waals surface area (Å²) >= 11 is -5.75. The number of benzene rings is 5. The van der Waals surface area contributed by atoms with Gasteiger partial charge in [0, 0.05) is 0 Å². The molecule has 2 aliphatic rings. The van der Waals surface area contributed by atoms with Gasteiger partial charge in [-0.1, -0.05) is 0 Å². The maximum atomic E-state index is 15.9. The van der Waals surface area contributed by atoms with Crippen LogP contribution in [0.1, 0.15) is 0 Å². The van der Waals surface area contributed by atoms with Gasteiger partial charge in [-0.2, -0.15) is 0 Å². The fourth-order valence-corrected chi connectivity index (χ4v) is 8.83. The van der Waals surface area contributed by atoms with Crippen molar-refractivity contribution in [2.24, 2.45) is 3.15 Å². The van der Waals surface area contributed by atoms with Crippen LogP contribution in [0.3, 0.4) is 0 Å². The number of fused-ring (bicyclic) bond motifs is 8. The van der Waals surface area contributed by atoms with Crippen molar-refractivity contribution in [1.29, 1.82) is 0 Å². The molecule has 0 radical (unpaired) electrons. The van der Waals surface area contributed by atoms with E-state index in [0.717, 1.165) is 43.9 Å². The Morgan fingerprint density at radius 2 is 1.46 bits per heavy atom. The second-order valence-corrected chi connectivity index (χ2v) is 13.3. The van der Waals surface area contributed by atoms with E-state index in [2.05, 4.69) is 44.1 Å². The molecule has 0 spiro atoms. The molecule has 1 aromatic heterocycles.